The van der Waals surface area contributed by atoms with E-state index in [4.69, 9.17) is 9.47 Å². The molecule has 0 heterocycles. The van der Waals surface area contributed by atoms with E-state index in [9.17, 15) is 0 Å². The molecular formula is C13H18O2. The van der Waals surface area contributed by atoms with Crippen molar-refractivity contribution in [1.82, 2.24) is 0 Å². The Balaban J connectivity index is 2.53. The quantitative estimate of drug-likeness (QED) is 0.542. The SMILES string of the molecule is CCOC(C)OC=C(C)c1ccccc1. The number of allylic oxidation sites excluding steroid dienone is 1. The minimum absolute atomic E-state index is 0.186. The Labute approximate surface area is 91.5 Å². The van der Waals surface area contributed by atoms with Gasteiger partial charge in [-0.1, -0.05) is 30.3 Å². The lowest BCUT2D eigenvalue weighted by molar-refractivity contribution is -0.0877. The highest BCUT2D eigenvalue weighted by atomic mass is 16.7. The molecule has 1 aromatic rings. The van der Waals surface area contributed by atoms with Gasteiger partial charge in [0.05, 0.1) is 6.26 Å². The van der Waals surface area contributed by atoms with Gasteiger partial charge in [0, 0.05) is 6.61 Å². The van der Waals surface area contributed by atoms with Crippen molar-refractivity contribution < 1.29 is 9.47 Å². The molecule has 1 aromatic carbocycles. The molecule has 0 amide bonds. The molecule has 0 aliphatic rings. The second kappa shape index (κ2) is 6.25. The van der Waals surface area contributed by atoms with Crippen LogP contribution in [-0.2, 0) is 9.47 Å². The molecule has 1 atom stereocenters. The highest BCUT2D eigenvalue weighted by molar-refractivity contribution is 5.62. The molecule has 2 nitrogen and oxygen atoms in total. The molecular weight excluding hydrogens is 188 g/mol. The summed E-state index contributed by atoms with van der Waals surface area (Å²) < 4.78 is 10.7. The van der Waals surface area contributed by atoms with Gasteiger partial charge >= 0.3 is 0 Å². The van der Waals surface area contributed by atoms with Crippen molar-refractivity contribution >= 4 is 5.57 Å². The Morgan fingerprint density at radius 3 is 2.60 bits per heavy atom. The molecule has 0 bridgehead atoms. The molecule has 0 aromatic heterocycles. The zero-order chi connectivity index (χ0) is 11.1. The van der Waals surface area contributed by atoms with E-state index < -0.39 is 0 Å². The van der Waals surface area contributed by atoms with Crippen LogP contribution in [0.15, 0.2) is 36.6 Å². The molecule has 1 rings (SSSR count). The number of benzene rings is 1. The first kappa shape index (κ1) is 11.8. The van der Waals surface area contributed by atoms with E-state index in [2.05, 4.69) is 12.1 Å². The van der Waals surface area contributed by atoms with Crippen LogP contribution in [0.25, 0.3) is 5.57 Å². The first-order chi connectivity index (χ1) is 7.24. The van der Waals surface area contributed by atoms with Crippen molar-refractivity contribution in [3.8, 4) is 0 Å². The topological polar surface area (TPSA) is 18.5 Å². The van der Waals surface area contributed by atoms with Crippen molar-refractivity contribution in [1.29, 1.82) is 0 Å². The molecule has 0 saturated carbocycles. The Hall–Kier alpha value is -1.28. The summed E-state index contributed by atoms with van der Waals surface area (Å²) in [7, 11) is 0. The Morgan fingerprint density at radius 1 is 1.33 bits per heavy atom. The molecule has 0 spiro atoms. The zero-order valence-corrected chi connectivity index (χ0v) is 9.57. The monoisotopic (exact) mass is 206 g/mol. The van der Waals surface area contributed by atoms with Crippen LogP contribution in [0.4, 0.5) is 0 Å². The smallest absolute Gasteiger partial charge is 0.196 e. The van der Waals surface area contributed by atoms with Crippen molar-refractivity contribution in [3.05, 3.63) is 42.2 Å². The minimum Gasteiger partial charge on any atom is -0.473 e. The summed E-state index contributed by atoms with van der Waals surface area (Å²) in [5, 5.41) is 0. The maximum Gasteiger partial charge on any atom is 0.196 e. The van der Waals surface area contributed by atoms with Gasteiger partial charge in [-0.15, -0.1) is 0 Å². The predicted octanol–water partition coefficient (Wildman–Crippen LogP) is 3.45. The van der Waals surface area contributed by atoms with E-state index in [1.54, 1.807) is 6.26 Å². The van der Waals surface area contributed by atoms with Crippen LogP contribution in [0, 0.1) is 0 Å². The van der Waals surface area contributed by atoms with Crippen LogP contribution in [0.1, 0.15) is 26.3 Å². The molecule has 0 radical (unpaired) electrons. The normalized spacial score (nSPS) is 13.7. The number of hydrogen-bond donors (Lipinski definition) is 0. The van der Waals surface area contributed by atoms with Gasteiger partial charge in [-0.05, 0) is 31.9 Å². The fourth-order valence-corrected chi connectivity index (χ4v) is 1.24. The van der Waals surface area contributed by atoms with Crippen molar-refractivity contribution in [2.45, 2.75) is 27.1 Å². The molecule has 82 valence electrons. The van der Waals surface area contributed by atoms with Crippen molar-refractivity contribution in [2.75, 3.05) is 6.61 Å². The van der Waals surface area contributed by atoms with Gasteiger partial charge < -0.3 is 9.47 Å². The van der Waals surface area contributed by atoms with E-state index in [1.165, 1.54) is 5.56 Å². The van der Waals surface area contributed by atoms with Crippen LogP contribution in [-0.4, -0.2) is 12.9 Å². The first-order valence-corrected chi connectivity index (χ1v) is 5.23. The number of rotatable bonds is 5. The standard InChI is InChI=1S/C13H18O2/c1-4-14-12(3)15-10-11(2)13-8-6-5-7-9-13/h5-10,12H,4H2,1-3H3. The van der Waals surface area contributed by atoms with Crippen LogP contribution < -0.4 is 0 Å². The first-order valence-electron chi connectivity index (χ1n) is 5.23. The third kappa shape index (κ3) is 4.17. The van der Waals surface area contributed by atoms with Gasteiger partial charge in [0.2, 0.25) is 0 Å². The summed E-state index contributed by atoms with van der Waals surface area (Å²) in [5.41, 5.74) is 2.27. The Bertz CT molecular complexity index is 304. The fourth-order valence-electron chi connectivity index (χ4n) is 1.24. The maximum atomic E-state index is 5.41. The third-order valence-corrected chi connectivity index (χ3v) is 2.07. The number of ether oxygens (including phenoxy) is 2. The second-order valence-corrected chi connectivity index (χ2v) is 3.33. The number of hydrogen-bond acceptors (Lipinski definition) is 2. The van der Waals surface area contributed by atoms with Crippen LogP contribution in [0.5, 0.6) is 0 Å². The van der Waals surface area contributed by atoms with E-state index in [0.717, 1.165) is 5.57 Å². The summed E-state index contributed by atoms with van der Waals surface area (Å²) in [4.78, 5) is 0. The van der Waals surface area contributed by atoms with Crippen LogP contribution in [0.2, 0.25) is 0 Å². The van der Waals surface area contributed by atoms with Crippen LogP contribution >= 0.6 is 0 Å². The van der Waals surface area contributed by atoms with Gasteiger partial charge in [-0.2, -0.15) is 0 Å². The lowest BCUT2D eigenvalue weighted by Gasteiger charge is -2.11. The largest absolute Gasteiger partial charge is 0.473 e. The van der Waals surface area contributed by atoms with Gasteiger partial charge in [-0.3, -0.25) is 0 Å². The lowest BCUT2D eigenvalue weighted by atomic mass is 10.1. The summed E-state index contributed by atoms with van der Waals surface area (Å²) in [6, 6.07) is 10.1. The van der Waals surface area contributed by atoms with E-state index in [0.29, 0.717) is 6.61 Å². The lowest BCUT2D eigenvalue weighted by Crippen LogP contribution is -2.09. The summed E-state index contributed by atoms with van der Waals surface area (Å²) in [6.45, 7) is 6.53. The molecule has 0 N–H and O–H groups in total. The summed E-state index contributed by atoms with van der Waals surface area (Å²) in [5.74, 6) is 0. The molecule has 2 heteroatoms. The molecule has 15 heavy (non-hydrogen) atoms. The molecule has 1 unspecified atom stereocenters. The van der Waals surface area contributed by atoms with E-state index >= 15 is 0 Å². The third-order valence-electron chi connectivity index (χ3n) is 2.07. The average Bonchev–Trinajstić information content (AvgIpc) is 2.27. The minimum atomic E-state index is -0.186. The molecule has 0 aliphatic heterocycles. The highest BCUT2D eigenvalue weighted by Gasteiger charge is 1.99. The zero-order valence-electron chi connectivity index (χ0n) is 9.57. The van der Waals surface area contributed by atoms with Crippen molar-refractivity contribution in [3.63, 3.8) is 0 Å². The molecule has 0 saturated heterocycles. The van der Waals surface area contributed by atoms with E-state index in [1.807, 2.05) is 39.0 Å². The fraction of sp³-hybridized carbons (Fsp3) is 0.385. The summed E-state index contributed by atoms with van der Waals surface area (Å²) >= 11 is 0. The Morgan fingerprint density at radius 2 is 2.00 bits per heavy atom. The van der Waals surface area contributed by atoms with Gasteiger partial charge in [-0.25, -0.2) is 0 Å². The second-order valence-electron chi connectivity index (χ2n) is 3.33. The van der Waals surface area contributed by atoms with E-state index in [-0.39, 0.29) is 6.29 Å². The van der Waals surface area contributed by atoms with Gasteiger partial charge in [0.15, 0.2) is 6.29 Å². The Kier molecular flexibility index (Phi) is 4.91. The summed E-state index contributed by atoms with van der Waals surface area (Å²) in [6.07, 6.45) is 1.56. The van der Waals surface area contributed by atoms with Gasteiger partial charge in [0.25, 0.3) is 0 Å². The molecule has 0 fully saturated rings. The highest BCUT2D eigenvalue weighted by Crippen LogP contribution is 2.13. The van der Waals surface area contributed by atoms with Crippen LogP contribution in [0.3, 0.4) is 0 Å². The average molecular weight is 206 g/mol. The maximum absolute atomic E-state index is 5.41. The van der Waals surface area contributed by atoms with Gasteiger partial charge in [0.1, 0.15) is 0 Å². The molecule has 0 aliphatic carbocycles. The predicted molar refractivity (Wildman–Crippen MR) is 62.3 cm³/mol. The van der Waals surface area contributed by atoms with Crippen molar-refractivity contribution in [2.24, 2.45) is 0 Å².